The highest BCUT2D eigenvalue weighted by atomic mass is 32.2. The van der Waals surface area contributed by atoms with Gasteiger partial charge in [-0.1, -0.05) is 69.3 Å². The number of aliphatic carboxylic acids is 4. The third-order valence-electron chi connectivity index (χ3n) is 17.4. The predicted molar refractivity (Wildman–Crippen MR) is 385 cm³/mol. The van der Waals surface area contributed by atoms with Gasteiger partial charge < -0.3 is 57.2 Å². The zero-order valence-corrected chi connectivity index (χ0v) is 60.8. The highest BCUT2D eigenvalue weighted by Gasteiger charge is 2.44. The van der Waals surface area contributed by atoms with Gasteiger partial charge in [-0.25, -0.2) is 4.99 Å². The molecule has 6 atom stereocenters. The van der Waals surface area contributed by atoms with E-state index in [1.54, 1.807) is 57.7 Å². The van der Waals surface area contributed by atoms with Crippen LogP contribution in [-0.4, -0.2) is 279 Å². The van der Waals surface area contributed by atoms with Crippen LogP contribution in [0.3, 0.4) is 0 Å². The minimum atomic E-state index is -1.30. The highest BCUT2D eigenvalue weighted by Crippen LogP contribution is 2.29. The Kier molecular flexibility index (Phi) is 37.3. The SMILES string of the molecule is CC[C@H](NC(=O)[C@@H]1CCCN1C(=O)[C@@H]1CCCN1C(=O)C(C=NC(=O)CCC(C)C)CSCc1cc(CSCCNC(=O)CN2CCN(CC(=O)O)CCN(CC(=O)O)CCN(CC(=O)O)CC2)cc(CSCCC(=O)O)c1)C(=O)N[C@@H](CCC(N)=O)C(=O)N[C@@H](Cc1ccccc1)C(C)=O. The molecule has 2 aromatic carbocycles. The monoisotopic (exact) mass is 1470 g/mol. The average molecular weight is 1470 g/mol. The third-order valence-corrected chi connectivity index (χ3v) is 20.6. The fourth-order valence-corrected chi connectivity index (χ4v) is 14.6. The zero-order chi connectivity index (χ0) is 74.0. The van der Waals surface area contributed by atoms with Crippen molar-refractivity contribution in [3.05, 3.63) is 70.8 Å². The number of carbonyl (C=O) groups is 13. The molecule has 0 bridgehead atoms. The molecular formula is C69H102N12O17S3. The Balaban J connectivity index is 1.24. The maximum absolute atomic E-state index is 14.9. The number of likely N-dealkylation sites (tertiary alicyclic amines) is 2. The van der Waals surface area contributed by atoms with Crippen LogP contribution in [0.5, 0.6) is 0 Å². The summed E-state index contributed by atoms with van der Waals surface area (Å²) in [5, 5.41) is 49.2. The number of nitrogens with zero attached hydrogens (tertiary/aromatic N) is 7. The number of thioether (sulfide) groups is 3. The molecule has 2 aromatic rings. The van der Waals surface area contributed by atoms with E-state index >= 15 is 0 Å². The molecule has 32 heteroatoms. The molecule has 0 aromatic heterocycles. The molecule has 3 aliphatic rings. The molecule has 3 fully saturated rings. The number of rotatable bonds is 41. The van der Waals surface area contributed by atoms with E-state index in [0.29, 0.717) is 74.1 Å². The first-order valence-electron chi connectivity index (χ1n) is 34.5. The van der Waals surface area contributed by atoms with Crippen molar-refractivity contribution in [3.63, 3.8) is 0 Å². The van der Waals surface area contributed by atoms with Crippen molar-refractivity contribution in [2.75, 3.05) is 115 Å². The predicted octanol–water partition coefficient (Wildman–Crippen LogP) is 2.05. The number of hydrogen-bond acceptors (Lipinski definition) is 20. The maximum atomic E-state index is 14.9. The van der Waals surface area contributed by atoms with Crippen LogP contribution in [-0.2, 0) is 86.0 Å². The summed E-state index contributed by atoms with van der Waals surface area (Å²) in [6.45, 7) is 8.89. The average Bonchev–Trinajstić information content (AvgIpc) is 1.68. The number of ketones is 1. The molecule has 8 amide bonds. The summed E-state index contributed by atoms with van der Waals surface area (Å²) in [6.07, 6.45) is 3.42. The van der Waals surface area contributed by atoms with Crippen LogP contribution in [0, 0.1) is 11.8 Å². The maximum Gasteiger partial charge on any atom is 0.317 e. The van der Waals surface area contributed by atoms with E-state index in [2.05, 4.69) is 26.3 Å². The lowest BCUT2D eigenvalue weighted by atomic mass is 10.0. The summed E-state index contributed by atoms with van der Waals surface area (Å²) in [5.74, 6) is -6.87. The molecule has 0 spiro atoms. The van der Waals surface area contributed by atoms with Crippen molar-refractivity contribution in [1.29, 1.82) is 0 Å². The Bertz CT molecular complexity index is 3140. The zero-order valence-electron chi connectivity index (χ0n) is 58.4. The van der Waals surface area contributed by atoms with E-state index in [-0.39, 0.29) is 147 Å². The van der Waals surface area contributed by atoms with E-state index in [4.69, 9.17) is 5.73 Å². The number of carboxylic acid groups (broad SMARTS) is 4. The first kappa shape index (κ1) is 84.2. The minimum Gasteiger partial charge on any atom is -0.481 e. The summed E-state index contributed by atoms with van der Waals surface area (Å²) >= 11 is 4.49. The molecule has 0 aliphatic carbocycles. The van der Waals surface area contributed by atoms with E-state index in [1.807, 2.05) is 43.0 Å². The number of Topliss-reactive ketones (excluding diaryl/α,β-unsaturated/α-hetero) is 1. The molecular weight excluding hydrogens is 1370 g/mol. The van der Waals surface area contributed by atoms with Crippen molar-refractivity contribution in [2.45, 2.75) is 146 Å². The van der Waals surface area contributed by atoms with Crippen LogP contribution in [0.15, 0.2) is 53.5 Å². The Hall–Kier alpha value is -7.49. The van der Waals surface area contributed by atoms with Crippen LogP contribution in [0.4, 0.5) is 0 Å². The van der Waals surface area contributed by atoms with Gasteiger partial charge in [0.1, 0.15) is 24.2 Å². The first-order valence-corrected chi connectivity index (χ1v) is 37.9. The number of carbonyl (C=O) groups excluding carboxylic acids is 9. The van der Waals surface area contributed by atoms with E-state index in [9.17, 15) is 82.8 Å². The summed E-state index contributed by atoms with van der Waals surface area (Å²) in [4.78, 5) is 183. The number of carboxylic acids is 4. The number of nitrogens with one attached hydrogen (secondary N) is 4. The first-order chi connectivity index (χ1) is 48.2. The van der Waals surface area contributed by atoms with Crippen molar-refractivity contribution in [1.82, 2.24) is 50.7 Å². The number of benzene rings is 2. The van der Waals surface area contributed by atoms with E-state index in [1.165, 1.54) is 46.5 Å². The normalized spacial score (nSPS) is 18.0. The number of primary amides is 1. The van der Waals surface area contributed by atoms with Crippen LogP contribution in [0.2, 0.25) is 0 Å². The van der Waals surface area contributed by atoms with Crippen LogP contribution >= 0.6 is 35.3 Å². The molecule has 3 heterocycles. The van der Waals surface area contributed by atoms with Gasteiger partial charge in [-0.3, -0.25) is 81.9 Å². The second-order valence-electron chi connectivity index (χ2n) is 26.0. The molecule has 558 valence electrons. The number of aliphatic imine (C=N–C) groups is 1. The highest BCUT2D eigenvalue weighted by molar-refractivity contribution is 7.99. The third kappa shape index (κ3) is 31.7. The Labute approximate surface area is 603 Å². The standard InChI is InChI=1S/C69H102N12O17S3/c1-5-53(65(94)74-54(16-17-58(70)83)66(95)75-55(47(4)82)36-48-11-7-6-8-12-48)73-67(96)56-13-9-21-80(56)69(98)57-14-10-22-81(57)68(97)52(37-72-59(84)18-15-46(2)3)45-101-44-51-34-49(42-99-31-19-61(86)87)33-50(35-51)43-100-32-20-71-60(85)38-76-23-25-77(39-62(88)89)27-29-79(41-64(92)93)30-28-78(26-24-76)40-63(90)91/h6-8,11-12,33-35,37,46,52-57H,5,9-10,13-32,36,38-45H2,1-4H3,(H2,70,83)(H,71,85)(H,73,96)(H,74,94)(H,75,95)(H,86,87)(H,88,89)(H,90,91)(H,92,93)/t52?,53-,54-,55-,56-,57-/m0/s1. The molecule has 1 unspecified atom stereocenters. The van der Waals surface area contributed by atoms with Gasteiger partial charge in [0.25, 0.3) is 0 Å². The number of hydrogen-bond donors (Lipinski definition) is 9. The van der Waals surface area contributed by atoms with Gasteiger partial charge in [0.05, 0.1) is 44.6 Å². The van der Waals surface area contributed by atoms with Crippen LogP contribution in [0.25, 0.3) is 0 Å². The van der Waals surface area contributed by atoms with Gasteiger partial charge in [0, 0.05) is 126 Å². The van der Waals surface area contributed by atoms with Gasteiger partial charge in [0.2, 0.25) is 47.3 Å². The molecule has 0 radical (unpaired) electrons. The Morgan fingerprint density at radius 1 is 0.574 bits per heavy atom. The topological polar surface area (TPSA) is 409 Å². The molecule has 29 nitrogen and oxygen atoms in total. The second kappa shape index (κ2) is 44.8. The lowest BCUT2D eigenvalue weighted by Crippen LogP contribution is -2.58. The molecule has 3 saturated heterocycles. The largest absolute Gasteiger partial charge is 0.481 e. The molecule has 101 heavy (non-hydrogen) atoms. The molecule has 0 saturated carbocycles. The molecule has 3 aliphatic heterocycles. The van der Waals surface area contributed by atoms with Gasteiger partial charge >= 0.3 is 23.9 Å². The summed E-state index contributed by atoms with van der Waals surface area (Å²) in [7, 11) is 0. The van der Waals surface area contributed by atoms with Gasteiger partial charge in [0.15, 0.2) is 5.78 Å². The quantitative estimate of drug-likeness (QED) is 0.0340. The lowest BCUT2D eigenvalue weighted by molar-refractivity contribution is -0.147. The number of amides is 8. The summed E-state index contributed by atoms with van der Waals surface area (Å²) in [6, 6.07) is 9.77. The van der Waals surface area contributed by atoms with Gasteiger partial charge in [-0.2, -0.15) is 35.3 Å². The van der Waals surface area contributed by atoms with Crippen LogP contribution < -0.4 is 27.0 Å². The summed E-state index contributed by atoms with van der Waals surface area (Å²) in [5.41, 5.74) is 9.05. The lowest BCUT2D eigenvalue weighted by Gasteiger charge is -2.32. The fraction of sp³-hybridized carbons (Fsp3) is 0.623. The molecule has 10 N–H and O–H groups in total. The van der Waals surface area contributed by atoms with Gasteiger partial charge in [-0.05, 0) is 86.5 Å². The van der Waals surface area contributed by atoms with E-state index < -0.39 is 101 Å². The van der Waals surface area contributed by atoms with Crippen molar-refractivity contribution >= 4 is 118 Å². The smallest absolute Gasteiger partial charge is 0.317 e. The Morgan fingerprint density at radius 2 is 1.08 bits per heavy atom. The van der Waals surface area contributed by atoms with E-state index in [0.717, 1.165) is 22.3 Å². The Morgan fingerprint density at radius 3 is 1.59 bits per heavy atom. The fourth-order valence-electron chi connectivity index (χ4n) is 11.9. The number of nitrogens with two attached hydrogens (primary N) is 1. The minimum absolute atomic E-state index is 0.0168. The van der Waals surface area contributed by atoms with Gasteiger partial charge in [-0.15, -0.1) is 0 Å². The molecule has 5 rings (SSSR count). The van der Waals surface area contributed by atoms with Crippen molar-refractivity contribution in [3.8, 4) is 0 Å². The van der Waals surface area contributed by atoms with Crippen LogP contribution in [0.1, 0.15) is 114 Å². The summed E-state index contributed by atoms with van der Waals surface area (Å²) < 4.78 is 0. The second-order valence-corrected chi connectivity index (χ2v) is 29.3. The van der Waals surface area contributed by atoms with Crippen molar-refractivity contribution in [2.24, 2.45) is 22.6 Å². The van der Waals surface area contributed by atoms with Crippen molar-refractivity contribution < 1.29 is 82.8 Å².